The molecule has 0 saturated carbocycles. The van der Waals surface area contributed by atoms with Crippen molar-refractivity contribution in [3.05, 3.63) is 35.9 Å². The van der Waals surface area contributed by atoms with Gasteiger partial charge in [-0.1, -0.05) is 44.2 Å². The lowest BCUT2D eigenvalue weighted by Gasteiger charge is -2.31. The first kappa shape index (κ1) is 27.3. The van der Waals surface area contributed by atoms with E-state index < -0.39 is 59.8 Å². The smallest absolute Gasteiger partial charge is 0.376 e. The third-order valence-corrected chi connectivity index (χ3v) is 5.93. The molecule has 2 rings (SSSR count). The van der Waals surface area contributed by atoms with E-state index >= 15 is 0 Å². The normalized spacial score (nSPS) is 19.6. The monoisotopic (exact) mass is 481 g/mol. The summed E-state index contributed by atoms with van der Waals surface area (Å²) in [6.07, 6.45) is -6.00. The molecule has 0 spiro atoms. The van der Waals surface area contributed by atoms with Gasteiger partial charge in [-0.05, 0) is 30.7 Å². The Morgan fingerprint density at radius 1 is 1.26 bits per heavy atom. The van der Waals surface area contributed by atoms with Crippen LogP contribution in [0.1, 0.15) is 51.5 Å². The van der Waals surface area contributed by atoms with Crippen LogP contribution in [0.25, 0.3) is 0 Å². The lowest BCUT2D eigenvalue weighted by Crippen LogP contribution is -2.45. The highest BCUT2D eigenvalue weighted by atomic mass is 19.4. The van der Waals surface area contributed by atoms with Gasteiger partial charge in [-0.2, -0.15) is 18.4 Å². The van der Waals surface area contributed by atoms with E-state index in [1.165, 1.54) is 18.2 Å². The Hall–Kier alpha value is -2.93. The second kappa shape index (κ2) is 11.5. The van der Waals surface area contributed by atoms with Crippen LogP contribution in [0.15, 0.2) is 30.3 Å². The lowest BCUT2D eigenvalue weighted by molar-refractivity contribution is -0.267. The molecule has 3 N–H and O–H groups in total. The molecule has 4 atom stereocenters. The summed E-state index contributed by atoms with van der Waals surface area (Å²) in [7, 11) is 0. The molecule has 0 radical (unpaired) electrons. The molecule has 0 bridgehead atoms. The maximum Gasteiger partial charge on any atom is 0.421 e. The van der Waals surface area contributed by atoms with Crippen molar-refractivity contribution in [2.75, 3.05) is 6.54 Å². The third-order valence-electron chi connectivity index (χ3n) is 5.93. The highest BCUT2D eigenvalue weighted by Crippen LogP contribution is 2.42. The van der Waals surface area contributed by atoms with E-state index in [1.807, 2.05) is 6.07 Å². The van der Waals surface area contributed by atoms with Gasteiger partial charge in [0.1, 0.15) is 11.8 Å². The molecule has 0 aliphatic carbocycles. The summed E-state index contributed by atoms with van der Waals surface area (Å²) in [4.78, 5) is 37.3. The first-order valence-corrected chi connectivity index (χ1v) is 11.2. The van der Waals surface area contributed by atoms with Gasteiger partial charge >= 0.3 is 6.18 Å². The maximum atomic E-state index is 13.7. The van der Waals surface area contributed by atoms with Crippen molar-refractivity contribution in [1.82, 2.24) is 10.6 Å². The van der Waals surface area contributed by atoms with Crippen LogP contribution in [0.2, 0.25) is 0 Å². The zero-order valence-corrected chi connectivity index (χ0v) is 19.2. The lowest BCUT2D eigenvalue weighted by atomic mass is 9.84. The van der Waals surface area contributed by atoms with E-state index in [1.54, 1.807) is 13.8 Å². The summed E-state index contributed by atoms with van der Waals surface area (Å²) in [5.41, 5.74) is -3.84. The first-order chi connectivity index (χ1) is 15.9. The number of amides is 2. The molecule has 1 saturated heterocycles. The van der Waals surface area contributed by atoms with Gasteiger partial charge in [-0.25, -0.2) is 0 Å². The molecule has 1 aromatic rings. The number of benzene rings is 1. The predicted octanol–water partition coefficient (Wildman–Crippen LogP) is 2.98. The number of aliphatic hydroxyl groups is 1. The minimum absolute atomic E-state index is 0.0553. The van der Waals surface area contributed by atoms with E-state index in [9.17, 15) is 37.9 Å². The van der Waals surface area contributed by atoms with Crippen LogP contribution >= 0.6 is 0 Å². The van der Waals surface area contributed by atoms with Crippen LogP contribution in [0, 0.1) is 29.1 Å². The van der Waals surface area contributed by atoms with Crippen molar-refractivity contribution in [2.24, 2.45) is 17.8 Å². The molecule has 1 aromatic carbocycles. The predicted molar refractivity (Wildman–Crippen MR) is 117 cm³/mol. The minimum Gasteiger partial charge on any atom is -0.376 e. The van der Waals surface area contributed by atoms with Crippen molar-refractivity contribution < 1.29 is 32.7 Å². The van der Waals surface area contributed by atoms with Crippen LogP contribution in [0.4, 0.5) is 13.2 Å². The Labute approximate surface area is 196 Å². The van der Waals surface area contributed by atoms with Gasteiger partial charge in [0.2, 0.25) is 11.8 Å². The number of carbonyl (C=O) groups is 3. The number of hydrogen-bond acceptors (Lipinski definition) is 5. The third kappa shape index (κ3) is 7.03. The second-order valence-electron chi connectivity index (χ2n) is 9.17. The molecule has 1 heterocycles. The van der Waals surface area contributed by atoms with E-state index in [0.29, 0.717) is 13.0 Å². The quantitative estimate of drug-likeness (QED) is 0.449. The molecular formula is C24H30F3N3O4. The zero-order chi connectivity index (χ0) is 25.5. The molecule has 0 aromatic heterocycles. The number of nitriles is 1. The highest BCUT2D eigenvalue weighted by Gasteiger charge is 2.56. The van der Waals surface area contributed by atoms with Gasteiger partial charge in [0.15, 0.2) is 5.60 Å². The zero-order valence-electron chi connectivity index (χ0n) is 19.2. The van der Waals surface area contributed by atoms with Crippen LogP contribution in [0.3, 0.4) is 0 Å². The fraction of sp³-hybridized carbons (Fsp3) is 0.583. The molecule has 7 nitrogen and oxygen atoms in total. The van der Waals surface area contributed by atoms with Gasteiger partial charge in [-0.3, -0.25) is 14.4 Å². The molecule has 2 amide bonds. The summed E-state index contributed by atoms with van der Waals surface area (Å²) >= 11 is 0. The summed E-state index contributed by atoms with van der Waals surface area (Å²) in [5, 5.41) is 25.1. The van der Waals surface area contributed by atoms with Crippen LogP contribution < -0.4 is 10.6 Å². The number of hydrogen-bond donors (Lipinski definition) is 3. The van der Waals surface area contributed by atoms with E-state index in [2.05, 4.69) is 10.6 Å². The summed E-state index contributed by atoms with van der Waals surface area (Å²) in [5.74, 6) is -3.21. The van der Waals surface area contributed by atoms with Crippen LogP contribution in [0.5, 0.6) is 0 Å². The molecule has 10 heteroatoms. The number of carbonyl (C=O) groups excluding carboxylic acids is 3. The van der Waals surface area contributed by atoms with Crippen molar-refractivity contribution in [3.8, 4) is 6.07 Å². The standard InChI is InChI=1S/C24H30F3N3O4/c1-15(2)10-17(22(33)30-19(14-28)11-16-8-9-29-21(16)32)12-20(31)13-23(34,24(25,26)27)18-6-4-3-5-7-18/h3-7,15-17,19,34H,8-13H2,1-2H3,(H,29,32)(H,30,33)/t16-,17+,19-,23+/m0/s1. The van der Waals surface area contributed by atoms with Crippen LogP contribution in [-0.2, 0) is 20.0 Å². The molecular weight excluding hydrogens is 451 g/mol. The van der Waals surface area contributed by atoms with Gasteiger partial charge in [-0.15, -0.1) is 0 Å². The van der Waals surface area contributed by atoms with Gasteiger partial charge < -0.3 is 15.7 Å². The largest absolute Gasteiger partial charge is 0.421 e. The fourth-order valence-corrected chi connectivity index (χ4v) is 4.15. The Morgan fingerprint density at radius 2 is 1.91 bits per heavy atom. The fourth-order valence-electron chi connectivity index (χ4n) is 4.15. The first-order valence-electron chi connectivity index (χ1n) is 11.2. The molecule has 186 valence electrons. The number of halogens is 3. The number of nitrogens with zero attached hydrogens (tertiary/aromatic N) is 1. The number of nitrogens with one attached hydrogen (secondary N) is 2. The van der Waals surface area contributed by atoms with Crippen molar-refractivity contribution in [2.45, 2.75) is 63.8 Å². The molecule has 1 fully saturated rings. The van der Waals surface area contributed by atoms with E-state index in [0.717, 1.165) is 12.1 Å². The SMILES string of the molecule is CC(C)C[C@H](CC(=O)C[C@@](O)(c1ccccc1)C(F)(F)F)C(=O)N[C@H](C#N)C[C@@H]1CCNC1=O. The number of Topliss-reactive ketones (excluding diaryl/α,β-unsaturated/α-hetero) is 1. The van der Waals surface area contributed by atoms with Crippen molar-refractivity contribution in [1.29, 1.82) is 5.26 Å². The number of rotatable bonds is 11. The Bertz CT molecular complexity index is 914. The average Bonchev–Trinajstić information content (AvgIpc) is 3.16. The summed E-state index contributed by atoms with van der Waals surface area (Å²) in [6.45, 7) is 4.08. The van der Waals surface area contributed by atoms with Gasteiger partial charge in [0, 0.05) is 31.2 Å². The number of alkyl halides is 3. The second-order valence-corrected chi connectivity index (χ2v) is 9.17. The topological polar surface area (TPSA) is 119 Å². The van der Waals surface area contributed by atoms with Crippen molar-refractivity contribution in [3.63, 3.8) is 0 Å². The van der Waals surface area contributed by atoms with Crippen LogP contribution in [-0.4, -0.2) is 41.5 Å². The maximum absolute atomic E-state index is 13.7. The number of ketones is 1. The Kier molecular flexibility index (Phi) is 9.21. The molecule has 34 heavy (non-hydrogen) atoms. The highest BCUT2D eigenvalue weighted by molar-refractivity contribution is 5.88. The van der Waals surface area contributed by atoms with Crippen molar-refractivity contribution >= 4 is 17.6 Å². The summed E-state index contributed by atoms with van der Waals surface area (Å²) < 4.78 is 41.2. The molecule has 1 aliphatic rings. The molecule has 1 aliphatic heterocycles. The van der Waals surface area contributed by atoms with E-state index in [-0.39, 0.29) is 24.7 Å². The Morgan fingerprint density at radius 3 is 2.41 bits per heavy atom. The molecule has 0 unspecified atom stereocenters. The minimum atomic E-state index is -5.10. The van der Waals surface area contributed by atoms with Gasteiger partial charge in [0.05, 0.1) is 6.07 Å². The van der Waals surface area contributed by atoms with Gasteiger partial charge in [0.25, 0.3) is 0 Å². The summed E-state index contributed by atoms with van der Waals surface area (Å²) in [6, 6.07) is 7.31. The Balaban J connectivity index is 2.13. The van der Waals surface area contributed by atoms with E-state index in [4.69, 9.17) is 0 Å². The average molecular weight is 482 g/mol.